The van der Waals surface area contributed by atoms with Crippen LogP contribution >= 0.6 is 0 Å². The van der Waals surface area contributed by atoms with Crippen LogP contribution in [0.1, 0.15) is 27.2 Å². The van der Waals surface area contributed by atoms with Gasteiger partial charge in [-0.2, -0.15) is 0 Å². The number of pyridine rings is 1. The van der Waals surface area contributed by atoms with Gasteiger partial charge in [0.1, 0.15) is 18.1 Å². The van der Waals surface area contributed by atoms with E-state index in [0.717, 1.165) is 16.9 Å². The summed E-state index contributed by atoms with van der Waals surface area (Å²) < 4.78 is 5.92. The zero-order chi connectivity index (χ0) is 17.5. The summed E-state index contributed by atoms with van der Waals surface area (Å²) in [6.07, 6.45) is 4.90. The van der Waals surface area contributed by atoms with E-state index in [1.807, 2.05) is 24.3 Å². The Hall–Kier alpha value is -3.20. The van der Waals surface area contributed by atoms with Gasteiger partial charge in [-0.3, -0.25) is 9.78 Å². The van der Waals surface area contributed by atoms with E-state index in [4.69, 9.17) is 4.74 Å². The summed E-state index contributed by atoms with van der Waals surface area (Å²) in [6, 6.07) is 21.2. The number of rotatable bonds is 6. The number of hydrogen-bond acceptors (Lipinski definition) is 3. The highest BCUT2D eigenvalue weighted by Crippen LogP contribution is 2.21. The van der Waals surface area contributed by atoms with Crippen molar-refractivity contribution >= 4 is 11.9 Å². The van der Waals surface area contributed by atoms with E-state index < -0.39 is 0 Å². The molecule has 0 radical (unpaired) electrons. The van der Waals surface area contributed by atoms with Crippen LogP contribution in [0.4, 0.5) is 0 Å². The van der Waals surface area contributed by atoms with E-state index in [2.05, 4.69) is 36.2 Å². The SMILES string of the molecule is Cc1ccc(COc2ccccc2/C=C/C(=O)c2ccccn2)cc1. The average molecular weight is 329 g/mol. The normalized spacial score (nSPS) is 10.8. The van der Waals surface area contributed by atoms with Gasteiger partial charge >= 0.3 is 0 Å². The summed E-state index contributed by atoms with van der Waals surface area (Å²) in [6.45, 7) is 2.54. The maximum atomic E-state index is 12.2. The number of carbonyl (C=O) groups excluding carboxylic acids is 1. The minimum atomic E-state index is -0.131. The predicted octanol–water partition coefficient (Wildman–Crippen LogP) is 4.87. The Kier molecular flexibility index (Phi) is 5.37. The second kappa shape index (κ2) is 8.06. The van der Waals surface area contributed by atoms with Crippen LogP contribution in [0.5, 0.6) is 5.75 Å². The Bertz CT molecular complexity index is 868. The minimum Gasteiger partial charge on any atom is -0.488 e. The second-order valence-corrected chi connectivity index (χ2v) is 5.72. The van der Waals surface area contributed by atoms with E-state index in [1.54, 1.807) is 30.5 Å². The summed E-state index contributed by atoms with van der Waals surface area (Å²) in [7, 11) is 0. The molecule has 0 bridgehead atoms. The molecule has 3 rings (SSSR count). The van der Waals surface area contributed by atoms with Crippen molar-refractivity contribution in [2.45, 2.75) is 13.5 Å². The Morgan fingerprint density at radius 1 is 1.00 bits per heavy atom. The molecule has 25 heavy (non-hydrogen) atoms. The van der Waals surface area contributed by atoms with Crippen LogP contribution in [-0.2, 0) is 6.61 Å². The first-order valence-corrected chi connectivity index (χ1v) is 8.13. The Balaban J connectivity index is 1.71. The van der Waals surface area contributed by atoms with Gasteiger partial charge in [0.25, 0.3) is 0 Å². The summed E-state index contributed by atoms with van der Waals surface area (Å²) >= 11 is 0. The highest BCUT2D eigenvalue weighted by Gasteiger charge is 2.04. The van der Waals surface area contributed by atoms with Crippen molar-refractivity contribution in [2.75, 3.05) is 0 Å². The second-order valence-electron chi connectivity index (χ2n) is 5.72. The van der Waals surface area contributed by atoms with Crippen molar-refractivity contribution in [1.82, 2.24) is 4.98 Å². The molecule has 0 spiro atoms. The molecule has 0 amide bonds. The van der Waals surface area contributed by atoms with Crippen LogP contribution in [0.15, 0.2) is 79.0 Å². The highest BCUT2D eigenvalue weighted by atomic mass is 16.5. The molecule has 0 aliphatic heterocycles. The van der Waals surface area contributed by atoms with Gasteiger partial charge in [-0.15, -0.1) is 0 Å². The fourth-order valence-electron chi connectivity index (χ4n) is 2.35. The number of aromatic nitrogens is 1. The molecule has 2 aromatic carbocycles. The molecule has 0 aliphatic rings. The van der Waals surface area contributed by atoms with Crippen LogP contribution in [0.25, 0.3) is 6.08 Å². The fourth-order valence-corrected chi connectivity index (χ4v) is 2.35. The number of benzene rings is 2. The smallest absolute Gasteiger partial charge is 0.204 e. The summed E-state index contributed by atoms with van der Waals surface area (Å²) in [5.41, 5.74) is 3.62. The molecule has 3 heteroatoms. The Morgan fingerprint density at radius 3 is 2.52 bits per heavy atom. The number of nitrogens with zero attached hydrogens (tertiary/aromatic N) is 1. The predicted molar refractivity (Wildman–Crippen MR) is 99.6 cm³/mol. The van der Waals surface area contributed by atoms with Gasteiger partial charge in [-0.25, -0.2) is 0 Å². The third kappa shape index (κ3) is 4.64. The maximum absolute atomic E-state index is 12.2. The fraction of sp³-hybridized carbons (Fsp3) is 0.0909. The molecule has 1 aromatic heterocycles. The molecular weight excluding hydrogens is 310 g/mol. The van der Waals surface area contributed by atoms with Crippen LogP contribution in [0.2, 0.25) is 0 Å². The monoisotopic (exact) mass is 329 g/mol. The van der Waals surface area contributed by atoms with Crippen LogP contribution in [0.3, 0.4) is 0 Å². The molecule has 0 N–H and O–H groups in total. The third-order valence-electron chi connectivity index (χ3n) is 3.77. The number of allylic oxidation sites excluding steroid dienone is 1. The lowest BCUT2D eigenvalue weighted by atomic mass is 10.1. The van der Waals surface area contributed by atoms with Gasteiger partial charge in [0.15, 0.2) is 0 Å². The van der Waals surface area contributed by atoms with Crippen LogP contribution in [-0.4, -0.2) is 10.8 Å². The average Bonchev–Trinajstić information content (AvgIpc) is 2.67. The number of para-hydroxylation sites is 1. The summed E-state index contributed by atoms with van der Waals surface area (Å²) in [5, 5.41) is 0. The number of ether oxygens (including phenoxy) is 1. The number of ketones is 1. The van der Waals surface area contributed by atoms with E-state index in [9.17, 15) is 4.79 Å². The van der Waals surface area contributed by atoms with Crippen molar-refractivity contribution < 1.29 is 9.53 Å². The van der Waals surface area contributed by atoms with Crippen molar-refractivity contribution in [3.63, 3.8) is 0 Å². The topological polar surface area (TPSA) is 39.2 Å². The first-order valence-electron chi connectivity index (χ1n) is 8.13. The van der Waals surface area contributed by atoms with Crippen molar-refractivity contribution in [3.8, 4) is 5.75 Å². The number of aryl methyl sites for hydroxylation is 1. The molecule has 0 aliphatic carbocycles. The lowest BCUT2D eigenvalue weighted by Crippen LogP contribution is -1.98. The van der Waals surface area contributed by atoms with Crippen LogP contribution < -0.4 is 4.74 Å². The lowest BCUT2D eigenvalue weighted by Gasteiger charge is -2.09. The molecule has 0 fully saturated rings. The molecule has 0 saturated carbocycles. The largest absolute Gasteiger partial charge is 0.488 e. The Labute approximate surface area is 147 Å². The standard InChI is InChI=1S/C22H19NO2/c1-17-9-11-18(12-10-17)16-25-22-8-3-2-6-19(22)13-14-21(24)20-7-4-5-15-23-20/h2-15H,16H2,1H3/b14-13+. The molecular formula is C22H19NO2. The van der Waals surface area contributed by atoms with Crippen molar-refractivity contribution in [1.29, 1.82) is 0 Å². The third-order valence-corrected chi connectivity index (χ3v) is 3.77. The maximum Gasteiger partial charge on any atom is 0.204 e. The van der Waals surface area contributed by atoms with E-state index in [0.29, 0.717) is 12.3 Å². The van der Waals surface area contributed by atoms with E-state index in [1.165, 1.54) is 11.6 Å². The van der Waals surface area contributed by atoms with Gasteiger partial charge in [0, 0.05) is 11.8 Å². The van der Waals surface area contributed by atoms with E-state index >= 15 is 0 Å². The van der Waals surface area contributed by atoms with E-state index in [-0.39, 0.29) is 5.78 Å². The quantitative estimate of drug-likeness (QED) is 0.478. The summed E-state index contributed by atoms with van der Waals surface area (Å²) in [5.74, 6) is 0.613. The zero-order valence-corrected chi connectivity index (χ0v) is 14.1. The van der Waals surface area contributed by atoms with Crippen molar-refractivity contribution in [2.24, 2.45) is 0 Å². The van der Waals surface area contributed by atoms with Gasteiger partial charge in [0.05, 0.1) is 0 Å². The molecule has 0 saturated heterocycles. The first kappa shape index (κ1) is 16.7. The number of carbonyl (C=O) groups is 1. The van der Waals surface area contributed by atoms with Gasteiger partial charge in [-0.05, 0) is 42.8 Å². The highest BCUT2D eigenvalue weighted by molar-refractivity contribution is 6.05. The zero-order valence-electron chi connectivity index (χ0n) is 14.1. The van der Waals surface area contributed by atoms with Crippen molar-refractivity contribution in [3.05, 3.63) is 101 Å². The van der Waals surface area contributed by atoms with Crippen LogP contribution in [0, 0.1) is 6.92 Å². The Morgan fingerprint density at radius 2 is 1.76 bits per heavy atom. The molecule has 1 heterocycles. The molecule has 124 valence electrons. The minimum absolute atomic E-state index is 0.131. The van der Waals surface area contributed by atoms with Gasteiger partial charge in [-0.1, -0.05) is 54.1 Å². The molecule has 0 unspecified atom stereocenters. The van der Waals surface area contributed by atoms with Gasteiger partial charge in [0.2, 0.25) is 5.78 Å². The lowest BCUT2D eigenvalue weighted by molar-refractivity contribution is 0.104. The van der Waals surface area contributed by atoms with Gasteiger partial charge < -0.3 is 4.74 Å². The molecule has 3 aromatic rings. The summed E-state index contributed by atoms with van der Waals surface area (Å²) in [4.78, 5) is 16.2. The number of hydrogen-bond donors (Lipinski definition) is 0. The first-order chi connectivity index (χ1) is 12.2. The molecule has 3 nitrogen and oxygen atoms in total. The molecule has 0 atom stereocenters.